The van der Waals surface area contributed by atoms with Gasteiger partial charge in [-0.25, -0.2) is 0 Å². The third-order valence-corrected chi connectivity index (χ3v) is 2.98. The lowest BCUT2D eigenvalue weighted by Gasteiger charge is -2.17. The lowest BCUT2D eigenvalue weighted by Crippen LogP contribution is -2.33. The second-order valence-electron chi connectivity index (χ2n) is 4.31. The Bertz CT molecular complexity index is 389. The van der Waals surface area contributed by atoms with Crippen molar-refractivity contribution in [2.24, 2.45) is 0 Å². The van der Waals surface area contributed by atoms with E-state index in [0.29, 0.717) is 37.3 Å². The molecule has 0 aliphatic rings. The van der Waals surface area contributed by atoms with E-state index >= 15 is 0 Å². The molecule has 0 spiro atoms. The molecule has 0 aromatic carbocycles. The lowest BCUT2D eigenvalue weighted by atomic mass is 9.78. The predicted molar refractivity (Wildman–Crippen MR) is 73.2 cm³/mol. The molecule has 6 nitrogen and oxygen atoms in total. The first-order valence-electron chi connectivity index (χ1n) is 6.64. The summed E-state index contributed by atoms with van der Waals surface area (Å²) in [5.41, 5.74) is 1.88. The van der Waals surface area contributed by atoms with Gasteiger partial charge in [0.25, 0.3) is 0 Å². The average molecular weight is 270 g/mol. The van der Waals surface area contributed by atoms with Gasteiger partial charge in [0, 0.05) is 37.3 Å². The van der Waals surface area contributed by atoms with Gasteiger partial charge in [-0.1, -0.05) is 0 Å². The van der Waals surface area contributed by atoms with Crippen LogP contribution in [0.1, 0.15) is 31.7 Å². The number of hydrogen-bond donors (Lipinski definition) is 2. The fourth-order valence-electron chi connectivity index (χ4n) is 2.12. The van der Waals surface area contributed by atoms with Gasteiger partial charge in [-0.2, -0.15) is 5.10 Å². The molecule has 0 saturated carbocycles. The summed E-state index contributed by atoms with van der Waals surface area (Å²) in [6, 6.07) is 0. The molecule has 0 radical (unpaired) electrons. The van der Waals surface area contributed by atoms with Crippen LogP contribution in [0.15, 0.2) is 0 Å². The molecule has 0 unspecified atom stereocenters. The highest BCUT2D eigenvalue weighted by molar-refractivity contribution is 6.59. The van der Waals surface area contributed by atoms with Crippen LogP contribution in [0.3, 0.4) is 0 Å². The minimum Gasteiger partial charge on any atom is -0.423 e. The molecule has 0 bridgehead atoms. The number of ether oxygens (including phenoxy) is 2. The van der Waals surface area contributed by atoms with Crippen molar-refractivity contribution in [2.45, 2.75) is 47.0 Å². The van der Waals surface area contributed by atoms with Crippen molar-refractivity contribution in [3.63, 3.8) is 0 Å². The Morgan fingerprint density at radius 3 is 2.21 bits per heavy atom. The summed E-state index contributed by atoms with van der Waals surface area (Å²) in [5, 5.41) is 22.9. The number of hydrogen-bond acceptors (Lipinski definition) is 5. The highest BCUT2D eigenvalue weighted by atomic mass is 16.7. The van der Waals surface area contributed by atoms with Gasteiger partial charge in [0.05, 0.1) is 5.69 Å². The SMILES string of the molecule is CCOC(CCn1nc(C)c(B(O)O)c1C)OCC. The van der Waals surface area contributed by atoms with Crippen LogP contribution in [-0.2, 0) is 16.0 Å². The van der Waals surface area contributed by atoms with E-state index in [1.807, 2.05) is 20.8 Å². The van der Waals surface area contributed by atoms with E-state index in [1.54, 1.807) is 11.6 Å². The Hall–Kier alpha value is -0.885. The van der Waals surface area contributed by atoms with E-state index in [-0.39, 0.29) is 6.29 Å². The van der Waals surface area contributed by atoms with Crippen LogP contribution in [0, 0.1) is 13.8 Å². The van der Waals surface area contributed by atoms with Crippen molar-refractivity contribution in [3.8, 4) is 0 Å². The molecular weight excluding hydrogens is 247 g/mol. The molecule has 2 N–H and O–H groups in total. The van der Waals surface area contributed by atoms with Crippen LogP contribution < -0.4 is 5.46 Å². The Kier molecular flexibility index (Phi) is 6.50. The van der Waals surface area contributed by atoms with Gasteiger partial charge in [-0.3, -0.25) is 4.68 Å². The maximum absolute atomic E-state index is 9.30. The quantitative estimate of drug-likeness (QED) is 0.512. The fourth-order valence-corrected chi connectivity index (χ4v) is 2.12. The Labute approximate surface area is 114 Å². The van der Waals surface area contributed by atoms with Crippen molar-refractivity contribution >= 4 is 12.6 Å². The van der Waals surface area contributed by atoms with Crippen molar-refractivity contribution in [3.05, 3.63) is 11.4 Å². The van der Waals surface area contributed by atoms with Crippen LogP contribution in [-0.4, -0.2) is 46.5 Å². The van der Waals surface area contributed by atoms with Crippen molar-refractivity contribution in [1.29, 1.82) is 0 Å². The molecule has 1 rings (SSSR count). The summed E-state index contributed by atoms with van der Waals surface area (Å²) < 4.78 is 12.7. The minimum absolute atomic E-state index is 0.249. The third kappa shape index (κ3) is 4.31. The molecule has 7 heteroatoms. The molecule has 0 aliphatic heterocycles. The molecule has 0 saturated heterocycles. The third-order valence-electron chi connectivity index (χ3n) is 2.98. The molecule has 0 atom stereocenters. The molecular formula is C12H23BN2O4. The zero-order chi connectivity index (χ0) is 14.4. The Morgan fingerprint density at radius 2 is 1.79 bits per heavy atom. The van der Waals surface area contributed by atoms with Gasteiger partial charge in [0.2, 0.25) is 0 Å². The topological polar surface area (TPSA) is 76.7 Å². The minimum atomic E-state index is -1.48. The first kappa shape index (κ1) is 16.2. The van der Waals surface area contributed by atoms with E-state index in [2.05, 4.69) is 5.10 Å². The molecule has 0 fully saturated rings. The largest absolute Gasteiger partial charge is 0.492 e. The Morgan fingerprint density at radius 1 is 1.21 bits per heavy atom. The summed E-state index contributed by atoms with van der Waals surface area (Å²) in [5.74, 6) is 0. The van der Waals surface area contributed by atoms with Crippen molar-refractivity contribution in [1.82, 2.24) is 9.78 Å². The zero-order valence-electron chi connectivity index (χ0n) is 12.1. The van der Waals surface area contributed by atoms with Gasteiger partial charge < -0.3 is 19.5 Å². The molecule has 0 aliphatic carbocycles. The number of rotatable bonds is 8. The smallest absolute Gasteiger partial charge is 0.423 e. The van der Waals surface area contributed by atoms with Gasteiger partial charge in [-0.15, -0.1) is 0 Å². The lowest BCUT2D eigenvalue weighted by molar-refractivity contribution is -0.141. The van der Waals surface area contributed by atoms with Crippen LogP contribution in [0.2, 0.25) is 0 Å². The van der Waals surface area contributed by atoms with Crippen LogP contribution in [0.25, 0.3) is 0 Å². The number of aryl methyl sites for hydroxylation is 2. The van der Waals surface area contributed by atoms with E-state index in [1.165, 1.54) is 0 Å². The summed E-state index contributed by atoms with van der Waals surface area (Å²) in [6.45, 7) is 9.26. The zero-order valence-corrected chi connectivity index (χ0v) is 12.1. The molecule has 19 heavy (non-hydrogen) atoms. The van der Waals surface area contributed by atoms with Crippen LogP contribution in [0.5, 0.6) is 0 Å². The summed E-state index contributed by atoms with van der Waals surface area (Å²) in [4.78, 5) is 0. The van der Waals surface area contributed by atoms with Crippen LogP contribution in [0.4, 0.5) is 0 Å². The first-order chi connectivity index (χ1) is 9.01. The van der Waals surface area contributed by atoms with Crippen LogP contribution >= 0.6 is 0 Å². The second kappa shape index (κ2) is 7.64. The monoisotopic (exact) mass is 270 g/mol. The molecule has 1 heterocycles. The van der Waals surface area contributed by atoms with Crippen molar-refractivity contribution < 1.29 is 19.5 Å². The predicted octanol–water partition coefficient (Wildman–Crippen LogP) is -0.0311. The van der Waals surface area contributed by atoms with Crippen molar-refractivity contribution in [2.75, 3.05) is 13.2 Å². The maximum Gasteiger partial charge on any atom is 0.492 e. The first-order valence-corrected chi connectivity index (χ1v) is 6.64. The normalized spacial score (nSPS) is 11.3. The molecule has 108 valence electrons. The second-order valence-corrected chi connectivity index (χ2v) is 4.31. The molecule has 1 aromatic heterocycles. The van der Waals surface area contributed by atoms with Gasteiger partial charge in [-0.05, 0) is 27.7 Å². The number of aromatic nitrogens is 2. The highest BCUT2D eigenvalue weighted by Gasteiger charge is 2.22. The molecule has 1 aromatic rings. The molecule has 0 amide bonds. The number of nitrogens with zero attached hydrogens (tertiary/aromatic N) is 2. The van der Waals surface area contributed by atoms with Gasteiger partial charge >= 0.3 is 7.12 Å². The van der Waals surface area contributed by atoms with E-state index in [0.717, 1.165) is 5.69 Å². The van der Waals surface area contributed by atoms with Gasteiger partial charge in [0.15, 0.2) is 6.29 Å². The van der Waals surface area contributed by atoms with E-state index in [4.69, 9.17) is 9.47 Å². The fraction of sp³-hybridized carbons (Fsp3) is 0.750. The summed E-state index contributed by atoms with van der Waals surface area (Å²) in [7, 11) is -1.48. The van der Waals surface area contributed by atoms with E-state index in [9.17, 15) is 10.0 Å². The average Bonchev–Trinajstić information content (AvgIpc) is 2.62. The Balaban J connectivity index is 2.69. The van der Waals surface area contributed by atoms with Gasteiger partial charge in [0.1, 0.15) is 0 Å². The maximum atomic E-state index is 9.30. The summed E-state index contributed by atoms with van der Waals surface area (Å²) >= 11 is 0. The standard InChI is InChI=1S/C12H23BN2O4/c1-5-18-11(19-6-2)7-8-15-10(4)12(13(16)17)9(3)14-15/h11,16-17H,5-8H2,1-4H3. The summed E-state index contributed by atoms with van der Waals surface area (Å²) in [6.07, 6.45) is 0.423. The van der Waals surface area contributed by atoms with E-state index < -0.39 is 7.12 Å². The highest BCUT2D eigenvalue weighted by Crippen LogP contribution is 2.07.